The van der Waals surface area contributed by atoms with Gasteiger partial charge in [0.15, 0.2) is 0 Å². The zero-order valence-corrected chi connectivity index (χ0v) is 7.53. The van der Waals surface area contributed by atoms with Crippen LogP contribution in [0.25, 0.3) is 0 Å². The Bertz CT molecular complexity index is 94.7. The molecular weight excluding hydrogens is 211 g/mol. The normalized spacial score (nSPS) is 8.50. The molecule has 0 unspecified atom stereocenters. The Morgan fingerprint density at radius 1 is 1.38 bits per heavy atom. The first-order valence-electron chi connectivity index (χ1n) is 2.79. The van der Waals surface area contributed by atoms with Crippen molar-refractivity contribution in [1.29, 1.82) is 0 Å². The molecule has 0 saturated heterocycles. The minimum atomic E-state index is 0.727. The van der Waals surface area contributed by atoms with Gasteiger partial charge in [-0.25, -0.2) is 0 Å². The van der Waals surface area contributed by atoms with Crippen LogP contribution in [0.3, 0.4) is 0 Å². The SMILES string of the molecule is CC(C)CC#CCI. The third kappa shape index (κ3) is 6.29. The molecule has 0 heterocycles. The van der Waals surface area contributed by atoms with Crippen LogP contribution in [0.5, 0.6) is 0 Å². The van der Waals surface area contributed by atoms with Crippen molar-refractivity contribution in [3.05, 3.63) is 0 Å². The molecule has 0 atom stereocenters. The number of hydrogen-bond donors (Lipinski definition) is 0. The predicted molar refractivity (Wildman–Crippen MR) is 46.1 cm³/mol. The van der Waals surface area contributed by atoms with Gasteiger partial charge in [0.1, 0.15) is 0 Å². The van der Waals surface area contributed by atoms with E-state index in [1.54, 1.807) is 0 Å². The molecule has 0 aliphatic heterocycles. The molecule has 0 aliphatic rings. The first kappa shape index (κ1) is 8.29. The quantitative estimate of drug-likeness (QED) is 0.363. The van der Waals surface area contributed by atoms with Gasteiger partial charge in [-0.15, -0.1) is 5.92 Å². The second-order valence-corrected chi connectivity index (χ2v) is 2.85. The van der Waals surface area contributed by atoms with Gasteiger partial charge in [0.05, 0.1) is 4.43 Å². The maximum Gasteiger partial charge on any atom is 0.0609 e. The van der Waals surface area contributed by atoms with Gasteiger partial charge in [-0.05, 0) is 5.92 Å². The van der Waals surface area contributed by atoms with Crippen molar-refractivity contribution in [1.82, 2.24) is 0 Å². The van der Waals surface area contributed by atoms with E-state index in [1.165, 1.54) is 0 Å². The molecule has 1 heteroatoms. The molecule has 0 saturated carbocycles. The van der Waals surface area contributed by atoms with Crippen LogP contribution in [0.2, 0.25) is 0 Å². The Morgan fingerprint density at radius 2 is 2.00 bits per heavy atom. The molecule has 8 heavy (non-hydrogen) atoms. The van der Waals surface area contributed by atoms with E-state index in [0.29, 0.717) is 0 Å². The van der Waals surface area contributed by atoms with Gasteiger partial charge in [-0.1, -0.05) is 42.4 Å². The standard InChI is InChI=1S/C7H11I/c1-7(2)5-3-4-6-8/h7H,5-6H2,1-2H3. The highest BCUT2D eigenvalue weighted by atomic mass is 127. The van der Waals surface area contributed by atoms with Crippen LogP contribution in [0.15, 0.2) is 0 Å². The average molecular weight is 222 g/mol. The predicted octanol–water partition coefficient (Wildman–Crippen LogP) is 2.47. The first-order chi connectivity index (χ1) is 3.77. The lowest BCUT2D eigenvalue weighted by atomic mass is 10.1. The molecule has 46 valence electrons. The Balaban J connectivity index is 3.15. The highest BCUT2D eigenvalue weighted by Crippen LogP contribution is 1.95. The lowest BCUT2D eigenvalue weighted by Crippen LogP contribution is -1.81. The Labute approximate surface area is 65.2 Å². The van der Waals surface area contributed by atoms with Crippen molar-refractivity contribution >= 4 is 22.6 Å². The van der Waals surface area contributed by atoms with Gasteiger partial charge >= 0.3 is 0 Å². The van der Waals surface area contributed by atoms with E-state index >= 15 is 0 Å². The van der Waals surface area contributed by atoms with Gasteiger partial charge in [0, 0.05) is 6.42 Å². The molecule has 0 aliphatic carbocycles. The summed E-state index contributed by atoms with van der Waals surface area (Å²) in [4.78, 5) is 0. The van der Waals surface area contributed by atoms with E-state index in [-0.39, 0.29) is 0 Å². The molecule has 0 spiro atoms. The Hall–Kier alpha value is 0.290. The van der Waals surface area contributed by atoms with Crippen molar-refractivity contribution in [2.45, 2.75) is 20.3 Å². The highest BCUT2D eigenvalue weighted by Gasteiger charge is 1.84. The summed E-state index contributed by atoms with van der Waals surface area (Å²) in [5.74, 6) is 6.82. The van der Waals surface area contributed by atoms with Crippen LogP contribution >= 0.6 is 22.6 Å². The van der Waals surface area contributed by atoms with Crippen LogP contribution in [0, 0.1) is 17.8 Å². The lowest BCUT2D eigenvalue weighted by molar-refractivity contribution is 0.676. The zero-order valence-electron chi connectivity index (χ0n) is 5.37. The van der Waals surface area contributed by atoms with E-state index in [9.17, 15) is 0 Å². The van der Waals surface area contributed by atoms with E-state index < -0.39 is 0 Å². The van der Waals surface area contributed by atoms with Crippen LogP contribution in [-0.4, -0.2) is 4.43 Å². The van der Waals surface area contributed by atoms with E-state index in [2.05, 4.69) is 48.3 Å². The fourth-order valence-corrected chi connectivity index (χ4v) is 0.593. The van der Waals surface area contributed by atoms with E-state index in [4.69, 9.17) is 0 Å². The summed E-state index contributed by atoms with van der Waals surface area (Å²) in [7, 11) is 0. The molecule has 0 bridgehead atoms. The fourth-order valence-electron chi connectivity index (χ4n) is 0.324. The molecule has 0 N–H and O–H groups in total. The first-order valence-corrected chi connectivity index (χ1v) is 4.31. The summed E-state index contributed by atoms with van der Waals surface area (Å²) >= 11 is 2.26. The molecule has 0 amide bonds. The second kappa shape index (κ2) is 5.43. The van der Waals surface area contributed by atoms with Gasteiger partial charge in [0.25, 0.3) is 0 Å². The highest BCUT2D eigenvalue weighted by molar-refractivity contribution is 14.1. The van der Waals surface area contributed by atoms with Crippen LogP contribution < -0.4 is 0 Å². The van der Waals surface area contributed by atoms with Crippen molar-refractivity contribution in [2.24, 2.45) is 5.92 Å². The van der Waals surface area contributed by atoms with Gasteiger partial charge in [0.2, 0.25) is 0 Å². The van der Waals surface area contributed by atoms with Crippen molar-refractivity contribution in [3.8, 4) is 11.8 Å². The second-order valence-electron chi connectivity index (χ2n) is 2.09. The molecule has 0 aromatic rings. The minimum Gasteiger partial charge on any atom is -0.102 e. The Morgan fingerprint density at radius 3 is 2.38 bits per heavy atom. The Kier molecular flexibility index (Phi) is 5.62. The van der Waals surface area contributed by atoms with Crippen molar-refractivity contribution < 1.29 is 0 Å². The largest absolute Gasteiger partial charge is 0.102 e. The number of rotatable bonds is 1. The smallest absolute Gasteiger partial charge is 0.0609 e. The third-order valence-corrected chi connectivity index (χ3v) is 1.08. The number of hydrogen-bond acceptors (Lipinski definition) is 0. The van der Waals surface area contributed by atoms with Gasteiger partial charge in [-0.2, -0.15) is 0 Å². The lowest BCUT2D eigenvalue weighted by Gasteiger charge is -1.91. The maximum atomic E-state index is 3.08. The van der Waals surface area contributed by atoms with Crippen LogP contribution in [0.1, 0.15) is 20.3 Å². The van der Waals surface area contributed by atoms with E-state index in [0.717, 1.165) is 16.8 Å². The number of alkyl halides is 1. The molecule has 0 aromatic heterocycles. The summed E-state index contributed by atoms with van der Waals surface area (Å²) in [5, 5.41) is 0. The summed E-state index contributed by atoms with van der Waals surface area (Å²) in [6, 6.07) is 0. The fraction of sp³-hybridized carbons (Fsp3) is 0.714. The average Bonchev–Trinajstić information content (AvgIpc) is 1.66. The monoisotopic (exact) mass is 222 g/mol. The zero-order chi connectivity index (χ0) is 6.41. The molecular formula is C7H11I. The molecule has 0 radical (unpaired) electrons. The summed E-state index contributed by atoms with van der Waals surface area (Å²) in [6.45, 7) is 4.36. The molecule has 0 fully saturated rings. The summed E-state index contributed by atoms with van der Waals surface area (Å²) < 4.78 is 0.963. The topological polar surface area (TPSA) is 0 Å². The maximum absolute atomic E-state index is 3.08. The number of halogens is 1. The summed E-state index contributed by atoms with van der Waals surface area (Å²) in [5.41, 5.74) is 0. The summed E-state index contributed by atoms with van der Waals surface area (Å²) in [6.07, 6.45) is 1.04. The van der Waals surface area contributed by atoms with Crippen LogP contribution in [-0.2, 0) is 0 Å². The van der Waals surface area contributed by atoms with Gasteiger partial charge < -0.3 is 0 Å². The minimum absolute atomic E-state index is 0.727. The van der Waals surface area contributed by atoms with E-state index in [1.807, 2.05) is 0 Å². The molecule has 0 aromatic carbocycles. The van der Waals surface area contributed by atoms with Crippen LogP contribution in [0.4, 0.5) is 0 Å². The van der Waals surface area contributed by atoms with Crippen molar-refractivity contribution in [2.75, 3.05) is 4.43 Å². The third-order valence-electron chi connectivity index (χ3n) is 0.702. The van der Waals surface area contributed by atoms with Crippen molar-refractivity contribution in [3.63, 3.8) is 0 Å². The molecule has 0 rings (SSSR count). The molecule has 0 nitrogen and oxygen atoms in total. The van der Waals surface area contributed by atoms with Gasteiger partial charge in [-0.3, -0.25) is 0 Å².